The Hall–Kier alpha value is -1.89. The highest BCUT2D eigenvalue weighted by Crippen LogP contribution is 2.25. The fraction of sp³-hybridized carbons (Fsp3) is 0.643. The summed E-state index contributed by atoms with van der Waals surface area (Å²) in [5.74, 6) is 1.49. The molecule has 114 valence electrons. The van der Waals surface area contributed by atoms with Crippen LogP contribution in [0.1, 0.15) is 26.2 Å². The van der Waals surface area contributed by atoms with Crippen molar-refractivity contribution in [1.82, 2.24) is 25.1 Å². The van der Waals surface area contributed by atoms with Gasteiger partial charge in [-0.25, -0.2) is 0 Å². The molecule has 1 saturated carbocycles. The van der Waals surface area contributed by atoms with Crippen molar-refractivity contribution < 1.29 is 0 Å². The summed E-state index contributed by atoms with van der Waals surface area (Å²) < 4.78 is 0. The number of hydrogen-bond acceptors (Lipinski definition) is 6. The molecule has 0 unspecified atom stereocenters. The maximum Gasteiger partial charge on any atom is 0.226 e. The van der Waals surface area contributed by atoms with Crippen LogP contribution in [0.15, 0.2) is 6.20 Å². The van der Waals surface area contributed by atoms with Crippen LogP contribution in [0.5, 0.6) is 0 Å². The Morgan fingerprint density at radius 1 is 1.29 bits per heavy atom. The molecule has 0 spiro atoms. The number of nitrogens with zero attached hydrogens (tertiary/aromatic N) is 4. The van der Waals surface area contributed by atoms with Gasteiger partial charge >= 0.3 is 0 Å². The lowest BCUT2D eigenvalue weighted by molar-refractivity contribution is 0.337. The van der Waals surface area contributed by atoms with Gasteiger partial charge in [-0.2, -0.15) is 15.1 Å². The Morgan fingerprint density at radius 3 is 2.90 bits per heavy atom. The molecule has 3 rings (SSSR count). The normalized spacial score (nSPS) is 14.8. The fourth-order valence-electron chi connectivity index (χ4n) is 2.33. The number of likely N-dealkylation sites (N-methyl/N-ethyl adjacent to an activating group) is 1. The molecule has 1 fully saturated rings. The van der Waals surface area contributed by atoms with E-state index in [2.05, 4.69) is 49.7 Å². The first-order valence-corrected chi connectivity index (χ1v) is 7.67. The summed E-state index contributed by atoms with van der Waals surface area (Å²) in [5, 5.41) is 14.5. The Balaban J connectivity index is 1.67. The highest BCUT2D eigenvalue weighted by molar-refractivity contribution is 5.86. The monoisotopic (exact) mass is 289 g/mol. The maximum absolute atomic E-state index is 4.56. The zero-order valence-electron chi connectivity index (χ0n) is 12.7. The van der Waals surface area contributed by atoms with Crippen LogP contribution < -0.4 is 10.6 Å². The second-order valence-corrected chi connectivity index (χ2v) is 5.59. The third kappa shape index (κ3) is 3.41. The first kappa shape index (κ1) is 14.1. The van der Waals surface area contributed by atoms with Crippen LogP contribution in [0.3, 0.4) is 0 Å². The minimum absolute atomic E-state index is 0.645. The molecular weight excluding hydrogens is 266 g/mol. The quantitative estimate of drug-likeness (QED) is 0.686. The topological polar surface area (TPSA) is 81.8 Å². The lowest BCUT2D eigenvalue weighted by Crippen LogP contribution is -2.27. The number of anilines is 2. The van der Waals surface area contributed by atoms with Gasteiger partial charge in [-0.15, -0.1) is 0 Å². The summed E-state index contributed by atoms with van der Waals surface area (Å²) in [4.78, 5) is 11.4. The number of hydrogen-bond donors (Lipinski definition) is 3. The summed E-state index contributed by atoms with van der Waals surface area (Å²) in [6, 6.07) is 0.785. The van der Waals surface area contributed by atoms with Crippen molar-refractivity contribution in [1.29, 1.82) is 0 Å². The molecule has 7 nitrogen and oxygen atoms in total. The average Bonchev–Trinajstić information content (AvgIpc) is 3.23. The second-order valence-electron chi connectivity index (χ2n) is 5.59. The van der Waals surface area contributed by atoms with E-state index in [1.54, 1.807) is 6.20 Å². The fourth-order valence-corrected chi connectivity index (χ4v) is 2.33. The van der Waals surface area contributed by atoms with Crippen molar-refractivity contribution in [2.75, 3.05) is 37.3 Å². The van der Waals surface area contributed by atoms with Crippen LogP contribution in [0.25, 0.3) is 11.0 Å². The number of nitrogens with one attached hydrogen (secondary N) is 3. The first-order chi connectivity index (χ1) is 10.3. The number of H-pyrrole nitrogens is 1. The van der Waals surface area contributed by atoms with E-state index in [0.717, 1.165) is 48.9 Å². The SMILES string of the molecule is CCCNc1nc(NCCN(C)C2CC2)c2cn[nH]c2n1. The molecule has 0 amide bonds. The molecule has 0 aliphatic heterocycles. The summed E-state index contributed by atoms with van der Waals surface area (Å²) >= 11 is 0. The summed E-state index contributed by atoms with van der Waals surface area (Å²) in [7, 11) is 2.18. The number of aromatic nitrogens is 4. The van der Waals surface area contributed by atoms with E-state index < -0.39 is 0 Å². The van der Waals surface area contributed by atoms with E-state index in [9.17, 15) is 0 Å². The number of fused-ring (bicyclic) bond motifs is 1. The molecule has 0 radical (unpaired) electrons. The van der Waals surface area contributed by atoms with E-state index >= 15 is 0 Å². The molecule has 1 aliphatic rings. The van der Waals surface area contributed by atoms with Crippen molar-refractivity contribution in [3.05, 3.63) is 6.20 Å². The van der Waals surface area contributed by atoms with Crippen LogP contribution in [-0.4, -0.2) is 57.8 Å². The van der Waals surface area contributed by atoms with Gasteiger partial charge in [0.05, 0.1) is 11.6 Å². The van der Waals surface area contributed by atoms with E-state index in [0.29, 0.717) is 5.95 Å². The van der Waals surface area contributed by atoms with Crippen molar-refractivity contribution in [2.24, 2.45) is 0 Å². The zero-order chi connectivity index (χ0) is 14.7. The minimum atomic E-state index is 0.645. The van der Waals surface area contributed by atoms with E-state index in [1.807, 2.05) is 0 Å². The smallest absolute Gasteiger partial charge is 0.226 e. The lowest BCUT2D eigenvalue weighted by Gasteiger charge is -2.16. The molecule has 1 aliphatic carbocycles. The maximum atomic E-state index is 4.56. The Labute approximate surface area is 124 Å². The molecule has 21 heavy (non-hydrogen) atoms. The van der Waals surface area contributed by atoms with Crippen LogP contribution in [0.2, 0.25) is 0 Å². The van der Waals surface area contributed by atoms with Crippen molar-refractivity contribution in [3.8, 4) is 0 Å². The van der Waals surface area contributed by atoms with Gasteiger partial charge in [0, 0.05) is 25.7 Å². The predicted molar refractivity (Wildman–Crippen MR) is 84.6 cm³/mol. The molecule has 2 aromatic rings. The molecule has 0 saturated heterocycles. The molecule has 0 atom stereocenters. The number of rotatable bonds is 8. The Bertz CT molecular complexity index is 590. The first-order valence-electron chi connectivity index (χ1n) is 7.67. The van der Waals surface area contributed by atoms with Crippen molar-refractivity contribution >= 4 is 22.8 Å². The number of aromatic amines is 1. The van der Waals surface area contributed by atoms with Gasteiger partial charge < -0.3 is 15.5 Å². The molecule has 0 aromatic carbocycles. The summed E-state index contributed by atoms with van der Waals surface area (Å²) in [5.41, 5.74) is 0.765. The third-order valence-electron chi connectivity index (χ3n) is 3.77. The van der Waals surface area contributed by atoms with Gasteiger partial charge in [0.2, 0.25) is 5.95 Å². The molecule has 0 bridgehead atoms. The van der Waals surface area contributed by atoms with Crippen LogP contribution in [0.4, 0.5) is 11.8 Å². The largest absolute Gasteiger partial charge is 0.368 e. The van der Waals surface area contributed by atoms with Gasteiger partial charge in [0.1, 0.15) is 5.82 Å². The molecule has 7 heteroatoms. The van der Waals surface area contributed by atoms with Gasteiger partial charge in [-0.1, -0.05) is 6.92 Å². The van der Waals surface area contributed by atoms with Crippen molar-refractivity contribution in [3.63, 3.8) is 0 Å². The second kappa shape index (κ2) is 6.26. The van der Waals surface area contributed by atoms with E-state index in [1.165, 1.54) is 12.8 Å². The summed E-state index contributed by atoms with van der Waals surface area (Å²) in [6.45, 7) is 4.88. The molecule has 3 N–H and O–H groups in total. The Morgan fingerprint density at radius 2 is 2.14 bits per heavy atom. The van der Waals surface area contributed by atoms with E-state index in [-0.39, 0.29) is 0 Å². The molecular formula is C14H23N7. The van der Waals surface area contributed by atoms with Crippen LogP contribution in [0, 0.1) is 0 Å². The predicted octanol–water partition coefficient (Wildman–Crippen LogP) is 1.68. The van der Waals surface area contributed by atoms with Crippen molar-refractivity contribution in [2.45, 2.75) is 32.2 Å². The highest BCUT2D eigenvalue weighted by atomic mass is 15.2. The van der Waals surface area contributed by atoms with E-state index in [4.69, 9.17) is 0 Å². The standard InChI is InChI=1S/C14H23N7/c1-3-6-16-14-18-12(11-9-17-20-13(11)19-14)15-7-8-21(2)10-4-5-10/h9-10H,3-8H2,1-2H3,(H3,15,16,17,18,19,20). The molecule has 2 heterocycles. The van der Waals surface area contributed by atoms with Gasteiger partial charge in [0.25, 0.3) is 0 Å². The highest BCUT2D eigenvalue weighted by Gasteiger charge is 2.25. The lowest BCUT2D eigenvalue weighted by atomic mass is 10.4. The summed E-state index contributed by atoms with van der Waals surface area (Å²) in [6.07, 6.45) is 5.48. The minimum Gasteiger partial charge on any atom is -0.368 e. The Kier molecular flexibility index (Phi) is 4.19. The van der Waals surface area contributed by atoms with Crippen LogP contribution in [-0.2, 0) is 0 Å². The zero-order valence-corrected chi connectivity index (χ0v) is 12.7. The van der Waals surface area contributed by atoms with Gasteiger partial charge in [0.15, 0.2) is 5.65 Å². The van der Waals surface area contributed by atoms with Gasteiger partial charge in [-0.05, 0) is 26.3 Å². The van der Waals surface area contributed by atoms with Crippen LogP contribution >= 0.6 is 0 Å². The van der Waals surface area contributed by atoms with Gasteiger partial charge in [-0.3, -0.25) is 5.10 Å². The molecule has 2 aromatic heterocycles. The third-order valence-corrected chi connectivity index (χ3v) is 3.77. The average molecular weight is 289 g/mol.